The van der Waals surface area contributed by atoms with Crippen LogP contribution in [0.25, 0.3) is 0 Å². The predicted molar refractivity (Wildman–Crippen MR) is 46.2 cm³/mol. The van der Waals surface area contributed by atoms with Crippen LogP contribution in [0.5, 0.6) is 0 Å². The Labute approximate surface area is 69.5 Å². The van der Waals surface area contributed by atoms with Gasteiger partial charge in [-0.05, 0) is 18.8 Å². The molecule has 0 aromatic carbocycles. The molecule has 0 aliphatic heterocycles. The first kappa shape index (κ1) is 9.01. The number of hydrogen-bond donors (Lipinski definition) is 0. The Morgan fingerprint density at radius 3 is 2.45 bits per heavy atom. The topological polar surface area (TPSA) is 12.5 Å². The molecule has 2 heteroatoms. The second-order valence-electron chi connectivity index (χ2n) is 3.35. The summed E-state index contributed by atoms with van der Waals surface area (Å²) in [6.07, 6.45) is 2.43. The monoisotopic (exact) mass is 157 g/mol. The molecule has 0 saturated heterocycles. The van der Waals surface area contributed by atoms with Gasteiger partial charge >= 0.3 is 0 Å². The fourth-order valence-electron chi connectivity index (χ4n) is 1.33. The zero-order valence-electron chi connectivity index (χ0n) is 7.84. The maximum atomic E-state index is 5.57. The summed E-state index contributed by atoms with van der Waals surface area (Å²) in [5.74, 6) is 0.854. The quantitative estimate of drug-likeness (QED) is 0.566. The SMILES string of the molecule is CCCON(CC)C1CC1C. The predicted octanol–water partition coefficient (Wildman–Crippen LogP) is 2.06. The van der Waals surface area contributed by atoms with Crippen molar-refractivity contribution in [3.8, 4) is 0 Å². The van der Waals surface area contributed by atoms with Crippen LogP contribution in [0.15, 0.2) is 0 Å². The highest BCUT2D eigenvalue weighted by Crippen LogP contribution is 2.34. The third kappa shape index (κ3) is 2.46. The fraction of sp³-hybridized carbons (Fsp3) is 1.00. The minimum Gasteiger partial charge on any atom is -0.299 e. The molecule has 66 valence electrons. The standard InChI is InChI=1S/C9H19NO/c1-4-6-11-10(5-2)9-7-8(9)3/h8-9H,4-7H2,1-3H3. The molecule has 0 N–H and O–H groups in total. The Bertz CT molecular complexity index is 116. The van der Waals surface area contributed by atoms with E-state index in [2.05, 4.69) is 25.8 Å². The Morgan fingerprint density at radius 1 is 1.45 bits per heavy atom. The Morgan fingerprint density at radius 2 is 2.09 bits per heavy atom. The van der Waals surface area contributed by atoms with Crippen LogP contribution >= 0.6 is 0 Å². The van der Waals surface area contributed by atoms with Crippen LogP contribution in [0.4, 0.5) is 0 Å². The van der Waals surface area contributed by atoms with Crippen molar-refractivity contribution in [3.63, 3.8) is 0 Å². The molecule has 2 nitrogen and oxygen atoms in total. The van der Waals surface area contributed by atoms with Crippen molar-refractivity contribution in [2.45, 2.75) is 39.7 Å². The summed E-state index contributed by atoms with van der Waals surface area (Å²) in [6, 6.07) is 0.714. The van der Waals surface area contributed by atoms with Crippen molar-refractivity contribution >= 4 is 0 Å². The molecule has 0 spiro atoms. The van der Waals surface area contributed by atoms with E-state index in [0.29, 0.717) is 6.04 Å². The lowest BCUT2D eigenvalue weighted by Gasteiger charge is -2.19. The molecule has 2 unspecified atom stereocenters. The first-order valence-electron chi connectivity index (χ1n) is 4.69. The second-order valence-corrected chi connectivity index (χ2v) is 3.35. The molecule has 1 saturated carbocycles. The van der Waals surface area contributed by atoms with Gasteiger partial charge in [-0.1, -0.05) is 20.8 Å². The lowest BCUT2D eigenvalue weighted by atomic mass is 10.5. The molecule has 0 radical (unpaired) electrons. The van der Waals surface area contributed by atoms with Gasteiger partial charge in [0.2, 0.25) is 0 Å². The van der Waals surface area contributed by atoms with Crippen LogP contribution in [0.1, 0.15) is 33.6 Å². The molecule has 0 heterocycles. The van der Waals surface area contributed by atoms with Gasteiger partial charge in [-0.25, -0.2) is 0 Å². The normalized spacial score (nSPS) is 29.5. The summed E-state index contributed by atoms with van der Waals surface area (Å²) in [5.41, 5.74) is 0. The summed E-state index contributed by atoms with van der Waals surface area (Å²) < 4.78 is 0. The van der Waals surface area contributed by atoms with E-state index in [0.717, 1.165) is 25.5 Å². The van der Waals surface area contributed by atoms with E-state index >= 15 is 0 Å². The third-order valence-electron chi connectivity index (χ3n) is 2.21. The number of hydrogen-bond acceptors (Lipinski definition) is 2. The van der Waals surface area contributed by atoms with Crippen LogP contribution in [-0.2, 0) is 4.84 Å². The fourth-order valence-corrected chi connectivity index (χ4v) is 1.33. The summed E-state index contributed by atoms with van der Waals surface area (Å²) in [7, 11) is 0. The smallest absolute Gasteiger partial charge is 0.0682 e. The van der Waals surface area contributed by atoms with E-state index in [1.165, 1.54) is 6.42 Å². The summed E-state index contributed by atoms with van der Waals surface area (Å²) >= 11 is 0. The molecular formula is C9H19NO. The van der Waals surface area contributed by atoms with Crippen LogP contribution in [-0.4, -0.2) is 24.3 Å². The Balaban J connectivity index is 2.15. The van der Waals surface area contributed by atoms with Gasteiger partial charge in [-0.15, -0.1) is 0 Å². The first-order chi connectivity index (χ1) is 5.29. The zero-order valence-corrected chi connectivity index (χ0v) is 7.84. The van der Waals surface area contributed by atoms with Crippen molar-refractivity contribution in [1.82, 2.24) is 5.06 Å². The van der Waals surface area contributed by atoms with Gasteiger partial charge in [-0.2, -0.15) is 5.06 Å². The second kappa shape index (κ2) is 4.07. The van der Waals surface area contributed by atoms with Crippen molar-refractivity contribution in [1.29, 1.82) is 0 Å². The number of nitrogens with zero attached hydrogens (tertiary/aromatic N) is 1. The summed E-state index contributed by atoms with van der Waals surface area (Å²) in [4.78, 5) is 5.57. The molecule has 11 heavy (non-hydrogen) atoms. The molecule has 1 aliphatic rings. The van der Waals surface area contributed by atoms with Gasteiger partial charge in [0.25, 0.3) is 0 Å². The van der Waals surface area contributed by atoms with Crippen LogP contribution < -0.4 is 0 Å². The van der Waals surface area contributed by atoms with E-state index < -0.39 is 0 Å². The average molecular weight is 157 g/mol. The van der Waals surface area contributed by atoms with Gasteiger partial charge < -0.3 is 0 Å². The first-order valence-corrected chi connectivity index (χ1v) is 4.69. The lowest BCUT2D eigenvalue weighted by Crippen LogP contribution is -2.27. The molecule has 0 aromatic rings. The maximum Gasteiger partial charge on any atom is 0.0682 e. The van der Waals surface area contributed by atoms with E-state index in [9.17, 15) is 0 Å². The minimum atomic E-state index is 0.714. The molecule has 1 rings (SSSR count). The van der Waals surface area contributed by atoms with Gasteiger partial charge in [0.1, 0.15) is 0 Å². The van der Waals surface area contributed by atoms with Crippen molar-refractivity contribution in [2.24, 2.45) is 5.92 Å². The lowest BCUT2D eigenvalue weighted by molar-refractivity contribution is -0.165. The maximum absolute atomic E-state index is 5.57. The van der Waals surface area contributed by atoms with Gasteiger partial charge in [-0.3, -0.25) is 4.84 Å². The number of hydroxylamine groups is 2. The average Bonchev–Trinajstić information content (AvgIpc) is 2.69. The molecule has 0 aromatic heterocycles. The number of rotatable bonds is 5. The third-order valence-corrected chi connectivity index (χ3v) is 2.21. The molecule has 2 atom stereocenters. The molecular weight excluding hydrogens is 138 g/mol. The Kier molecular flexibility index (Phi) is 3.34. The van der Waals surface area contributed by atoms with E-state index in [-0.39, 0.29) is 0 Å². The van der Waals surface area contributed by atoms with E-state index in [1.54, 1.807) is 0 Å². The van der Waals surface area contributed by atoms with Gasteiger partial charge in [0.15, 0.2) is 0 Å². The highest BCUT2D eigenvalue weighted by atomic mass is 16.7. The van der Waals surface area contributed by atoms with Gasteiger partial charge in [0, 0.05) is 12.6 Å². The highest BCUT2D eigenvalue weighted by molar-refractivity contribution is 4.88. The van der Waals surface area contributed by atoms with Crippen molar-refractivity contribution in [2.75, 3.05) is 13.2 Å². The molecule has 1 aliphatic carbocycles. The van der Waals surface area contributed by atoms with E-state index in [1.807, 2.05) is 0 Å². The summed E-state index contributed by atoms with van der Waals surface area (Å²) in [6.45, 7) is 8.47. The van der Waals surface area contributed by atoms with Gasteiger partial charge in [0.05, 0.1) is 6.61 Å². The van der Waals surface area contributed by atoms with Crippen molar-refractivity contribution in [3.05, 3.63) is 0 Å². The van der Waals surface area contributed by atoms with E-state index in [4.69, 9.17) is 4.84 Å². The molecule has 1 fully saturated rings. The van der Waals surface area contributed by atoms with Crippen LogP contribution in [0.2, 0.25) is 0 Å². The van der Waals surface area contributed by atoms with Crippen LogP contribution in [0.3, 0.4) is 0 Å². The Hall–Kier alpha value is -0.0800. The largest absolute Gasteiger partial charge is 0.299 e. The minimum absolute atomic E-state index is 0.714. The van der Waals surface area contributed by atoms with Crippen molar-refractivity contribution < 1.29 is 4.84 Å². The zero-order chi connectivity index (χ0) is 8.27. The van der Waals surface area contributed by atoms with Crippen LogP contribution in [0, 0.1) is 5.92 Å². The molecule has 0 bridgehead atoms. The summed E-state index contributed by atoms with van der Waals surface area (Å²) in [5, 5.41) is 2.13. The molecule has 0 amide bonds. The highest BCUT2D eigenvalue weighted by Gasteiger charge is 2.37.